The number of carbonyl (C=O) groups is 6. The summed E-state index contributed by atoms with van der Waals surface area (Å²) in [4.78, 5) is 78.3. The van der Waals surface area contributed by atoms with Crippen molar-refractivity contribution in [2.45, 2.75) is 112 Å². The molecule has 17 heteroatoms. The zero-order chi connectivity index (χ0) is 44.1. The van der Waals surface area contributed by atoms with Gasteiger partial charge >= 0.3 is 25.2 Å². The van der Waals surface area contributed by atoms with Gasteiger partial charge in [-0.05, 0) is 103 Å². The molecule has 0 bridgehead atoms. The fraction of sp³-hybridized carbons (Fsp3) is 0.524. The van der Waals surface area contributed by atoms with Crippen molar-refractivity contribution in [1.29, 1.82) is 0 Å². The molecule has 2 aromatic carbocycles. The summed E-state index contributed by atoms with van der Waals surface area (Å²) >= 11 is 0. The molecule has 2 aromatic rings. The first-order valence-electron chi connectivity index (χ1n) is 19.3. The van der Waals surface area contributed by atoms with E-state index in [0.717, 1.165) is 23.3 Å². The third-order valence-corrected chi connectivity index (χ3v) is 11.8. The summed E-state index contributed by atoms with van der Waals surface area (Å²) in [5, 5.41) is 2.89. The predicted molar refractivity (Wildman–Crippen MR) is 213 cm³/mol. The first kappa shape index (κ1) is 46.9. The highest BCUT2D eigenvalue weighted by atomic mass is 31.2. The van der Waals surface area contributed by atoms with E-state index in [0.29, 0.717) is 42.5 Å². The molecule has 0 saturated heterocycles. The second kappa shape index (κ2) is 18.6. The summed E-state index contributed by atoms with van der Waals surface area (Å²) in [5.41, 5.74) is 1.25. The minimum Gasteiger partial charge on any atom is -0.438 e. The highest BCUT2D eigenvalue weighted by Crippen LogP contribution is 2.67. The summed E-state index contributed by atoms with van der Waals surface area (Å²) in [5.74, 6) is -4.02. The van der Waals surface area contributed by atoms with Gasteiger partial charge in [0, 0.05) is 36.8 Å². The normalized spacial score (nSPS) is 17.8. The van der Waals surface area contributed by atoms with Gasteiger partial charge in [0.1, 0.15) is 6.04 Å². The van der Waals surface area contributed by atoms with Crippen molar-refractivity contribution in [2.75, 3.05) is 18.5 Å². The Morgan fingerprint density at radius 3 is 2.03 bits per heavy atom. The number of amides is 3. The predicted octanol–water partition coefficient (Wildman–Crippen LogP) is 6.71. The highest BCUT2D eigenvalue weighted by Gasteiger charge is 2.56. The smallest absolute Gasteiger partial charge is 0.410 e. The first-order valence-corrected chi connectivity index (χ1v) is 20.9. The minimum absolute atomic E-state index is 0.0920. The third kappa shape index (κ3) is 11.5. The molecule has 0 saturated carbocycles. The van der Waals surface area contributed by atoms with Gasteiger partial charge in [-0.3, -0.25) is 47.3 Å². The van der Waals surface area contributed by atoms with Crippen molar-refractivity contribution < 1.29 is 60.6 Å². The highest BCUT2D eigenvalue weighted by molar-refractivity contribution is 7.54. The zero-order valence-electron chi connectivity index (χ0n) is 34.7. The van der Waals surface area contributed by atoms with Crippen LogP contribution in [0.5, 0.6) is 0 Å². The largest absolute Gasteiger partial charge is 0.438 e. The van der Waals surface area contributed by atoms with Gasteiger partial charge in [0.25, 0.3) is 0 Å². The van der Waals surface area contributed by atoms with E-state index in [1.54, 1.807) is 13.8 Å². The Morgan fingerprint density at radius 1 is 0.932 bits per heavy atom. The van der Waals surface area contributed by atoms with Crippen molar-refractivity contribution in [3.05, 3.63) is 70.8 Å². The first-order chi connectivity index (χ1) is 27.4. The van der Waals surface area contributed by atoms with Crippen LogP contribution in [0, 0.1) is 16.7 Å². The number of nitrogens with zero attached hydrogens (tertiary/aromatic N) is 1. The van der Waals surface area contributed by atoms with Crippen LogP contribution in [0.3, 0.4) is 0 Å². The molecule has 14 nitrogen and oxygen atoms in total. The maximum absolute atomic E-state index is 16.0. The molecule has 2 heterocycles. The number of carbonyl (C=O) groups excluding carboxylic acids is 6. The lowest BCUT2D eigenvalue weighted by atomic mass is 9.92. The lowest BCUT2D eigenvalue weighted by Gasteiger charge is -2.28. The number of para-hydroxylation sites is 1. The fourth-order valence-electron chi connectivity index (χ4n) is 6.51. The van der Waals surface area contributed by atoms with Crippen molar-refractivity contribution in [1.82, 2.24) is 5.32 Å². The molecule has 4 rings (SSSR count). The van der Waals surface area contributed by atoms with Crippen LogP contribution in [-0.4, -0.2) is 61.1 Å². The van der Waals surface area contributed by atoms with Gasteiger partial charge in [0.2, 0.25) is 31.3 Å². The number of anilines is 1. The number of hydrogen-bond acceptors (Lipinski definition) is 11. The molecule has 59 heavy (non-hydrogen) atoms. The van der Waals surface area contributed by atoms with Gasteiger partial charge in [-0.2, -0.15) is 8.78 Å². The molecular formula is C42H54F2N3O11P. The monoisotopic (exact) mass is 845 g/mol. The van der Waals surface area contributed by atoms with E-state index in [-0.39, 0.29) is 30.7 Å². The number of halogens is 2. The van der Waals surface area contributed by atoms with Crippen molar-refractivity contribution in [3.63, 3.8) is 0 Å². The summed E-state index contributed by atoms with van der Waals surface area (Å²) in [6.45, 7) is 10.2. The number of hydrogen-bond donors (Lipinski definition) is 2. The molecule has 3 amide bonds. The summed E-state index contributed by atoms with van der Waals surface area (Å²) in [6, 6.07) is 8.92. The van der Waals surface area contributed by atoms with E-state index in [9.17, 15) is 33.3 Å². The number of allylic oxidation sites excluding steroid dienone is 2. The van der Waals surface area contributed by atoms with E-state index in [2.05, 4.69) is 5.32 Å². The van der Waals surface area contributed by atoms with Crippen molar-refractivity contribution in [2.24, 2.45) is 22.5 Å². The number of nitrogens with two attached hydrogens (primary N) is 1. The maximum atomic E-state index is 16.0. The molecule has 0 fully saturated rings. The van der Waals surface area contributed by atoms with E-state index < -0.39 is 78.8 Å². The summed E-state index contributed by atoms with van der Waals surface area (Å²) < 4.78 is 65.3. The van der Waals surface area contributed by atoms with E-state index in [1.807, 2.05) is 18.2 Å². The number of ketones is 1. The number of nitrogens with one attached hydrogen (secondary N) is 1. The Kier molecular flexibility index (Phi) is 14.8. The van der Waals surface area contributed by atoms with Gasteiger partial charge in [-0.1, -0.05) is 42.5 Å². The minimum atomic E-state index is -5.54. The molecule has 0 unspecified atom stereocenters. The quantitative estimate of drug-likeness (QED) is 0.0743. The second-order valence-electron chi connectivity index (χ2n) is 17.0. The number of primary amides is 1. The van der Waals surface area contributed by atoms with Crippen LogP contribution in [0.4, 0.5) is 14.5 Å². The van der Waals surface area contributed by atoms with Crippen LogP contribution >= 0.6 is 7.60 Å². The van der Waals surface area contributed by atoms with E-state index in [1.165, 1.54) is 64.7 Å². The Morgan fingerprint density at radius 2 is 1.49 bits per heavy atom. The molecule has 0 spiro atoms. The number of benzene rings is 2. The molecule has 3 N–H and O–H groups in total. The van der Waals surface area contributed by atoms with Crippen LogP contribution in [-0.2, 0) is 70.4 Å². The molecule has 0 aliphatic carbocycles. The van der Waals surface area contributed by atoms with Crippen molar-refractivity contribution in [3.8, 4) is 0 Å². The Hall–Kier alpha value is -4.79. The maximum Gasteiger partial charge on any atom is 0.410 e. The van der Waals surface area contributed by atoms with Gasteiger partial charge in [-0.25, -0.2) is 0 Å². The van der Waals surface area contributed by atoms with Gasteiger partial charge < -0.3 is 20.5 Å². The molecule has 2 aliphatic rings. The van der Waals surface area contributed by atoms with E-state index >= 15 is 8.78 Å². The number of rotatable bonds is 17. The lowest BCUT2D eigenvalue weighted by molar-refractivity contribution is -0.163. The average Bonchev–Trinajstić information content (AvgIpc) is 3.49. The molecule has 0 aromatic heterocycles. The topological polar surface area (TPSA) is 198 Å². The average molecular weight is 846 g/mol. The van der Waals surface area contributed by atoms with Crippen LogP contribution in [0.1, 0.15) is 103 Å². The number of alkyl halides is 2. The van der Waals surface area contributed by atoms with Crippen LogP contribution in [0.2, 0.25) is 0 Å². The molecule has 0 radical (unpaired) electrons. The van der Waals surface area contributed by atoms with Crippen LogP contribution in [0.25, 0.3) is 5.57 Å². The second-order valence-corrected chi connectivity index (χ2v) is 19.0. The Balaban J connectivity index is 1.49. The summed E-state index contributed by atoms with van der Waals surface area (Å²) in [7, 11) is -5.54. The Labute approximate surface area is 343 Å². The van der Waals surface area contributed by atoms with Crippen LogP contribution < -0.4 is 16.0 Å². The standard InChI is InChI=1S/C42H54F2N3O11P/c1-25(27-15-17-31(18-16-27)42(43,44)59(54,57-23-55-38(52)40(3,4)5)58-24-56-39(53)41(6,7)8)20-32(48)21-30-14-13-28-10-9-11-29-22-33(47(35(28)29)37(30)51)36(50)46-26(2)12-19-34(45)49/h9-11,15-18,20,26,30,33H,12-14,19,21-24H2,1-8H3,(H2,45,49)(H,46,50)/b25-20+/t26-,30-,33+/m1/s1. The number of ether oxygens (including phenoxy) is 2. The zero-order valence-corrected chi connectivity index (χ0v) is 35.6. The molecule has 3 atom stereocenters. The SMILES string of the molecule is C/C(=C\C(=O)C[C@H]1CCc2cccc3c2N(C1=O)[C@H](C(=O)N[C@H](C)CCC(N)=O)C3)c1ccc(C(F)(F)P(=O)(OCOC(=O)C(C)(C)C)OCOC(=O)C(C)(C)C)cc1. The lowest BCUT2D eigenvalue weighted by Crippen LogP contribution is -2.51. The summed E-state index contributed by atoms with van der Waals surface area (Å²) in [6.07, 6.45) is 2.71. The van der Waals surface area contributed by atoms with Gasteiger partial charge in [0.05, 0.1) is 16.5 Å². The van der Waals surface area contributed by atoms with Crippen molar-refractivity contribution >= 4 is 54.3 Å². The molecule has 2 aliphatic heterocycles. The Bertz CT molecular complexity index is 1990. The van der Waals surface area contributed by atoms with E-state index in [4.69, 9.17) is 24.3 Å². The fourth-order valence-corrected chi connectivity index (χ4v) is 7.76. The van der Waals surface area contributed by atoms with Gasteiger partial charge in [-0.15, -0.1) is 0 Å². The third-order valence-electron chi connectivity index (χ3n) is 9.94. The number of aryl methyl sites for hydroxylation is 1. The number of esters is 2. The molecule has 322 valence electrons. The van der Waals surface area contributed by atoms with Crippen LogP contribution in [0.15, 0.2) is 48.5 Å². The van der Waals surface area contributed by atoms with Gasteiger partial charge in [0.15, 0.2) is 5.78 Å². The molecular weight excluding hydrogens is 791 g/mol.